The summed E-state index contributed by atoms with van der Waals surface area (Å²) in [5.74, 6) is -0.0236. The Labute approximate surface area is 110 Å². The molecule has 98 valence electrons. The Morgan fingerprint density at radius 2 is 2.56 bits per heavy atom. The molecule has 1 aromatic rings. The number of hydrogen-bond donors (Lipinski definition) is 1. The molecule has 2 heterocycles. The zero-order chi connectivity index (χ0) is 13.0. The Morgan fingerprint density at radius 1 is 1.72 bits per heavy atom. The van der Waals surface area contributed by atoms with Gasteiger partial charge in [-0.15, -0.1) is 11.3 Å². The van der Waals surface area contributed by atoms with Gasteiger partial charge in [0.05, 0.1) is 19.3 Å². The molecule has 1 aromatic heterocycles. The molecule has 0 aromatic carbocycles. The molecule has 5 heteroatoms. The summed E-state index contributed by atoms with van der Waals surface area (Å²) in [5.41, 5.74) is 1.18. The van der Waals surface area contributed by atoms with Crippen LogP contribution < -0.4 is 0 Å². The molecule has 4 nitrogen and oxygen atoms in total. The average Bonchev–Trinajstić information content (AvgIpc) is 2.81. The van der Waals surface area contributed by atoms with E-state index in [1.54, 1.807) is 22.3 Å². The Kier molecular flexibility index (Phi) is 4.52. The normalized spacial score (nSPS) is 20.6. The molecule has 18 heavy (non-hydrogen) atoms. The van der Waals surface area contributed by atoms with Gasteiger partial charge in [-0.2, -0.15) is 0 Å². The van der Waals surface area contributed by atoms with E-state index in [2.05, 4.69) is 0 Å². The summed E-state index contributed by atoms with van der Waals surface area (Å²) in [4.78, 5) is 14.8. The van der Waals surface area contributed by atoms with Crippen molar-refractivity contribution < 1.29 is 14.6 Å². The van der Waals surface area contributed by atoms with Gasteiger partial charge < -0.3 is 14.7 Å². The summed E-state index contributed by atoms with van der Waals surface area (Å²) >= 11 is 1.62. The van der Waals surface area contributed by atoms with Crippen LogP contribution in [0.25, 0.3) is 6.08 Å². The lowest BCUT2D eigenvalue weighted by Gasteiger charge is -2.31. The van der Waals surface area contributed by atoms with Gasteiger partial charge in [0.15, 0.2) is 0 Å². The smallest absolute Gasteiger partial charge is 0.246 e. The molecule has 0 bridgehead atoms. The molecule has 1 saturated heterocycles. The highest BCUT2D eigenvalue weighted by molar-refractivity contribution is 7.11. The van der Waals surface area contributed by atoms with Crippen LogP contribution in [-0.2, 0) is 9.53 Å². The van der Waals surface area contributed by atoms with E-state index >= 15 is 0 Å². The zero-order valence-electron chi connectivity index (χ0n) is 10.3. The van der Waals surface area contributed by atoms with Crippen LogP contribution in [0.15, 0.2) is 17.5 Å². The van der Waals surface area contributed by atoms with Crippen LogP contribution in [0.4, 0.5) is 0 Å². The zero-order valence-corrected chi connectivity index (χ0v) is 11.2. The molecule has 1 amide bonds. The number of ether oxygens (including phenoxy) is 1. The molecule has 1 atom stereocenters. The first-order valence-corrected chi connectivity index (χ1v) is 6.82. The maximum absolute atomic E-state index is 12.0. The van der Waals surface area contributed by atoms with Crippen molar-refractivity contribution in [2.45, 2.75) is 13.0 Å². The number of aliphatic hydroxyl groups excluding tert-OH is 1. The molecular formula is C13H17NO3S. The Balaban J connectivity index is 1.95. The third kappa shape index (κ3) is 3.19. The standard InChI is InChI=1S/C13H17NO3S/c1-10-4-7-18-12(10)2-3-13(16)14-5-6-17-11(8-14)9-15/h2-4,7,11,15H,5-6,8-9H2,1H3/b3-2+. The second-order valence-electron chi connectivity index (χ2n) is 4.26. The summed E-state index contributed by atoms with van der Waals surface area (Å²) in [6.45, 7) is 3.52. The quantitative estimate of drug-likeness (QED) is 0.840. The van der Waals surface area contributed by atoms with Gasteiger partial charge in [0.2, 0.25) is 5.91 Å². The van der Waals surface area contributed by atoms with Crippen LogP contribution in [0, 0.1) is 6.92 Å². The number of amides is 1. The summed E-state index contributed by atoms with van der Waals surface area (Å²) < 4.78 is 5.31. The third-order valence-corrected chi connectivity index (χ3v) is 3.92. The van der Waals surface area contributed by atoms with E-state index in [1.807, 2.05) is 24.4 Å². The van der Waals surface area contributed by atoms with Crippen molar-refractivity contribution in [1.29, 1.82) is 0 Å². The molecule has 0 saturated carbocycles. The molecule has 1 N–H and O–H groups in total. The van der Waals surface area contributed by atoms with Crippen LogP contribution in [-0.4, -0.2) is 48.3 Å². The van der Waals surface area contributed by atoms with Crippen LogP contribution in [0.3, 0.4) is 0 Å². The highest BCUT2D eigenvalue weighted by Gasteiger charge is 2.22. The number of thiophene rings is 1. The minimum atomic E-state index is -0.250. The first-order chi connectivity index (χ1) is 8.70. The SMILES string of the molecule is Cc1ccsc1/C=C/C(=O)N1CCOC(CO)C1. The van der Waals surface area contributed by atoms with E-state index in [0.29, 0.717) is 19.7 Å². The van der Waals surface area contributed by atoms with E-state index < -0.39 is 0 Å². The summed E-state index contributed by atoms with van der Waals surface area (Å²) in [6, 6.07) is 2.03. The van der Waals surface area contributed by atoms with Gasteiger partial charge in [0.25, 0.3) is 0 Å². The Bertz CT molecular complexity index is 441. The summed E-state index contributed by atoms with van der Waals surface area (Å²) in [5, 5.41) is 11.0. The number of aliphatic hydroxyl groups is 1. The van der Waals surface area contributed by atoms with Crippen LogP contribution in [0.1, 0.15) is 10.4 Å². The lowest BCUT2D eigenvalue weighted by atomic mass is 10.2. The highest BCUT2D eigenvalue weighted by atomic mass is 32.1. The number of aryl methyl sites for hydroxylation is 1. The summed E-state index contributed by atoms with van der Waals surface area (Å²) in [6.07, 6.45) is 3.20. The fourth-order valence-corrected chi connectivity index (χ4v) is 2.66. The van der Waals surface area contributed by atoms with Crippen LogP contribution in [0.5, 0.6) is 0 Å². The van der Waals surface area contributed by atoms with Gasteiger partial charge in [-0.25, -0.2) is 0 Å². The summed E-state index contributed by atoms with van der Waals surface area (Å²) in [7, 11) is 0. The van der Waals surface area contributed by atoms with Crippen molar-refractivity contribution in [3.8, 4) is 0 Å². The van der Waals surface area contributed by atoms with Gasteiger partial charge in [0.1, 0.15) is 0 Å². The number of carbonyl (C=O) groups excluding carboxylic acids is 1. The molecule has 2 rings (SSSR count). The monoisotopic (exact) mass is 267 g/mol. The second kappa shape index (κ2) is 6.13. The Morgan fingerprint density at radius 3 is 3.22 bits per heavy atom. The van der Waals surface area contributed by atoms with Crippen LogP contribution in [0.2, 0.25) is 0 Å². The largest absolute Gasteiger partial charge is 0.394 e. The first-order valence-electron chi connectivity index (χ1n) is 5.94. The first kappa shape index (κ1) is 13.3. The van der Waals surface area contributed by atoms with Crippen molar-refractivity contribution in [2.24, 2.45) is 0 Å². The molecule has 1 fully saturated rings. The highest BCUT2D eigenvalue weighted by Crippen LogP contribution is 2.17. The van der Waals surface area contributed by atoms with E-state index in [4.69, 9.17) is 9.84 Å². The fourth-order valence-electron chi connectivity index (χ4n) is 1.84. The van der Waals surface area contributed by atoms with Gasteiger partial charge in [-0.1, -0.05) is 0 Å². The lowest BCUT2D eigenvalue weighted by Crippen LogP contribution is -2.46. The molecule has 0 spiro atoms. The lowest BCUT2D eigenvalue weighted by molar-refractivity contribution is -0.134. The third-order valence-electron chi connectivity index (χ3n) is 2.93. The van der Waals surface area contributed by atoms with E-state index in [0.717, 1.165) is 4.88 Å². The van der Waals surface area contributed by atoms with E-state index in [1.165, 1.54) is 5.56 Å². The predicted octanol–water partition coefficient (Wildman–Crippen LogP) is 1.29. The molecule has 1 unspecified atom stereocenters. The number of morpholine rings is 1. The number of carbonyl (C=O) groups is 1. The molecule has 1 aliphatic rings. The second-order valence-corrected chi connectivity index (χ2v) is 5.21. The maximum Gasteiger partial charge on any atom is 0.246 e. The van der Waals surface area contributed by atoms with Gasteiger partial charge in [-0.3, -0.25) is 4.79 Å². The van der Waals surface area contributed by atoms with Crippen molar-refractivity contribution in [3.05, 3.63) is 28.0 Å². The minimum Gasteiger partial charge on any atom is -0.394 e. The fraction of sp³-hybridized carbons (Fsp3) is 0.462. The van der Waals surface area contributed by atoms with Crippen molar-refractivity contribution in [1.82, 2.24) is 4.90 Å². The minimum absolute atomic E-state index is 0.0236. The van der Waals surface area contributed by atoms with Gasteiger partial charge in [-0.05, 0) is 30.0 Å². The molecule has 1 aliphatic heterocycles. The molecule has 0 radical (unpaired) electrons. The van der Waals surface area contributed by atoms with E-state index in [9.17, 15) is 4.79 Å². The predicted molar refractivity (Wildman–Crippen MR) is 71.5 cm³/mol. The van der Waals surface area contributed by atoms with Gasteiger partial charge in [0, 0.05) is 24.0 Å². The van der Waals surface area contributed by atoms with E-state index in [-0.39, 0.29) is 18.6 Å². The molecule has 0 aliphatic carbocycles. The van der Waals surface area contributed by atoms with Crippen LogP contribution >= 0.6 is 11.3 Å². The molecular weight excluding hydrogens is 250 g/mol. The number of hydrogen-bond acceptors (Lipinski definition) is 4. The average molecular weight is 267 g/mol. The Hall–Kier alpha value is -1.17. The number of nitrogens with zero attached hydrogens (tertiary/aromatic N) is 1. The van der Waals surface area contributed by atoms with Crippen molar-refractivity contribution in [3.63, 3.8) is 0 Å². The van der Waals surface area contributed by atoms with Crippen molar-refractivity contribution in [2.75, 3.05) is 26.3 Å². The van der Waals surface area contributed by atoms with Crippen molar-refractivity contribution >= 4 is 23.3 Å². The number of rotatable bonds is 3. The maximum atomic E-state index is 12.0. The topological polar surface area (TPSA) is 49.8 Å². The van der Waals surface area contributed by atoms with Gasteiger partial charge >= 0.3 is 0 Å².